The van der Waals surface area contributed by atoms with Crippen molar-refractivity contribution in [3.63, 3.8) is 0 Å². The molecule has 1 aliphatic heterocycles. The molecule has 1 unspecified atom stereocenters. The normalized spacial score (nSPS) is 17.2. The van der Waals surface area contributed by atoms with Gasteiger partial charge in [0.1, 0.15) is 5.82 Å². The summed E-state index contributed by atoms with van der Waals surface area (Å²) in [5.74, 6) is 0.0575. The van der Waals surface area contributed by atoms with E-state index in [0.29, 0.717) is 54.0 Å². The molecule has 6 N–H and O–H groups in total. The molecule has 0 spiro atoms. The molecule has 13 heteroatoms. The van der Waals surface area contributed by atoms with Crippen LogP contribution < -0.4 is 21.7 Å². The van der Waals surface area contributed by atoms with E-state index < -0.39 is 17.1 Å². The van der Waals surface area contributed by atoms with Crippen LogP contribution >= 0.6 is 23.2 Å². The minimum atomic E-state index is -0.579. The summed E-state index contributed by atoms with van der Waals surface area (Å²) >= 11 is 12.5. The smallest absolute Gasteiger partial charge is 0.311 e. The zero-order valence-electron chi connectivity index (χ0n) is 19.1. The maximum Gasteiger partial charge on any atom is 0.311 e. The number of aliphatic hydroxyl groups excluding tert-OH is 1. The van der Waals surface area contributed by atoms with Crippen molar-refractivity contribution < 1.29 is 14.8 Å². The minimum absolute atomic E-state index is 0.149. The maximum atomic E-state index is 12.8. The summed E-state index contributed by atoms with van der Waals surface area (Å²) in [5.41, 5.74) is 7.45. The number of amides is 1. The van der Waals surface area contributed by atoms with Crippen LogP contribution in [0.15, 0.2) is 42.7 Å². The van der Waals surface area contributed by atoms with E-state index in [9.17, 15) is 20.0 Å². The highest BCUT2D eigenvalue weighted by molar-refractivity contribution is 6.36. The van der Waals surface area contributed by atoms with Crippen molar-refractivity contribution >= 4 is 52.1 Å². The van der Waals surface area contributed by atoms with Gasteiger partial charge in [-0.05, 0) is 31.0 Å². The molecule has 0 radical (unpaired) electrons. The SMILES string of the molecule is Nc1nc(NCCCn2cc(NC(=O)[C@@H]3CC(O)CN3)c(-c3ccc(Cl)cc3Cl)c2)ccc1[N+](=O)[O-]. The van der Waals surface area contributed by atoms with Crippen molar-refractivity contribution in [3.8, 4) is 11.1 Å². The van der Waals surface area contributed by atoms with Crippen LogP contribution in [0.2, 0.25) is 10.0 Å². The summed E-state index contributed by atoms with van der Waals surface area (Å²) < 4.78 is 1.94. The van der Waals surface area contributed by atoms with Crippen molar-refractivity contribution in [3.05, 3.63) is 62.9 Å². The topological polar surface area (TPSA) is 160 Å². The first-order chi connectivity index (χ1) is 17.2. The molecule has 36 heavy (non-hydrogen) atoms. The lowest BCUT2D eigenvalue weighted by Crippen LogP contribution is -2.35. The second kappa shape index (κ2) is 11.1. The third-order valence-corrected chi connectivity index (χ3v) is 6.33. The van der Waals surface area contributed by atoms with Crippen molar-refractivity contribution in [2.24, 2.45) is 0 Å². The minimum Gasteiger partial charge on any atom is -0.392 e. The summed E-state index contributed by atoms with van der Waals surface area (Å²) in [5, 5.41) is 30.6. The Labute approximate surface area is 216 Å². The van der Waals surface area contributed by atoms with Gasteiger partial charge in [0.25, 0.3) is 0 Å². The number of benzene rings is 1. The molecular formula is C23H25Cl2N7O4. The third kappa shape index (κ3) is 6.05. The zero-order chi connectivity index (χ0) is 25.8. The summed E-state index contributed by atoms with van der Waals surface area (Å²) in [4.78, 5) is 27.1. The van der Waals surface area contributed by atoms with Crippen molar-refractivity contribution in [1.82, 2.24) is 14.9 Å². The molecule has 0 saturated carbocycles. The maximum absolute atomic E-state index is 12.8. The van der Waals surface area contributed by atoms with Gasteiger partial charge in [-0.2, -0.15) is 0 Å². The fraction of sp³-hybridized carbons (Fsp3) is 0.304. The van der Waals surface area contributed by atoms with Crippen LogP contribution in [0, 0.1) is 10.1 Å². The molecule has 1 aliphatic rings. The lowest BCUT2D eigenvalue weighted by Gasteiger charge is -2.12. The van der Waals surface area contributed by atoms with Crippen LogP contribution in [0.3, 0.4) is 0 Å². The Hall–Kier alpha value is -3.38. The largest absolute Gasteiger partial charge is 0.392 e. The average Bonchev–Trinajstić information content (AvgIpc) is 3.43. The number of β-amino-alcohol motifs (C(OH)–C–C–N with tert-alkyl or cyclic N) is 1. The third-order valence-electron chi connectivity index (χ3n) is 5.78. The Morgan fingerprint density at radius 2 is 2.08 bits per heavy atom. The molecule has 1 fully saturated rings. The van der Waals surface area contributed by atoms with Crippen LogP contribution in [0.4, 0.5) is 23.0 Å². The Kier molecular flexibility index (Phi) is 7.94. The summed E-state index contributed by atoms with van der Waals surface area (Å²) in [7, 11) is 0. The molecule has 1 amide bonds. The number of nitrogens with one attached hydrogen (secondary N) is 3. The number of nitrogens with zero attached hydrogens (tertiary/aromatic N) is 3. The number of pyridine rings is 1. The van der Waals surface area contributed by atoms with Gasteiger partial charge in [0.2, 0.25) is 11.7 Å². The Morgan fingerprint density at radius 1 is 1.28 bits per heavy atom. The highest BCUT2D eigenvalue weighted by Gasteiger charge is 2.29. The number of aromatic nitrogens is 2. The summed E-state index contributed by atoms with van der Waals surface area (Å²) in [6.45, 7) is 1.51. The van der Waals surface area contributed by atoms with Gasteiger partial charge in [-0.15, -0.1) is 0 Å². The molecule has 190 valence electrons. The van der Waals surface area contributed by atoms with Gasteiger partial charge >= 0.3 is 5.69 Å². The van der Waals surface area contributed by atoms with Crippen molar-refractivity contribution in [1.29, 1.82) is 0 Å². The predicted octanol–water partition coefficient (Wildman–Crippen LogP) is 3.51. The first kappa shape index (κ1) is 25.7. The quantitative estimate of drug-likeness (QED) is 0.158. The van der Waals surface area contributed by atoms with Crippen LogP contribution in [-0.2, 0) is 11.3 Å². The van der Waals surface area contributed by atoms with Gasteiger partial charge in [0, 0.05) is 54.2 Å². The number of nitrogens with two attached hydrogens (primary N) is 1. The predicted molar refractivity (Wildman–Crippen MR) is 139 cm³/mol. The molecule has 1 saturated heterocycles. The summed E-state index contributed by atoms with van der Waals surface area (Å²) in [6.07, 6.45) is 4.19. The number of aryl methyl sites for hydroxylation is 1. The van der Waals surface area contributed by atoms with E-state index in [1.54, 1.807) is 18.2 Å². The van der Waals surface area contributed by atoms with E-state index in [2.05, 4.69) is 20.9 Å². The molecule has 4 rings (SSSR count). The highest BCUT2D eigenvalue weighted by Crippen LogP contribution is 2.36. The number of aliphatic hydroxyl groups is 1. The van der Waals surface area contributed by atoms with Crippen LogP contribution in [0.25, 0.3) is 11.1 Å². The van der Waals surface area contributed by atoms with Crippen LogP contribution in [-0.4, -0.2) is 50.7 Å². The second-order valence-electron chi connectivity index (χ2n) is 8.43. The number of nitrogen functional groups attached to an aromatic ring is 1. The van der Waals surface area contributed by atoms with Gasteiger partial charge in [-0.3, -0.25) is 14.9 Å². The van der Waals surface area contributed by atoms with Gasteiger partial charge in [0.05, 0.1) is 27.8 Å². The van der Waals surface area contributed by atoms with E-state index in [0.717, 1.165) is 11.1 Å². The van der Waals surface area contributed by atoms with Gasteiger partial charge < -0.3 is 31.4 Å². The van der Waals surface area contributed by atoms with E-state index in [1.807, 2.05) is 17.0 Å². The van der Waals surface area contributed by atoms with Gasteiger partial charge in [-0.1, -0.05) is 29.3 Å². The number of rotatable bonds is 9. The molecule has 3 heterocycles. The van der Waals surface area contributed by atoms with Crippen LogP contribution in [0.5, 0.6) is 0 Å². The first-order valence-electron chi connectivity index (χ1n) is 11.2. The zero-order valence-corrected chi connectivity index (χ0v) is 20.6. The highest BCUT2D eigenvalue weighted by atomic mass is 35.5. The fourth-order valence-electron chi connectivity index (χ4n) is 3.99. The Bertz CT molecular complexity index is 1280. The van der Waals surface area contributed by atoms with Gasteiger partial charge in [0.15, 0.2) is 0 Å². The molecule has 2 atom stereocenters. The Balaban J connectivity index is 1.45. The van der Waals surface area contributed by atoms with Crippen molar-refractivity contribution in [2.45, 2.75) is 31.5 Å². The standard InChI is InChI=1S/C23H25Cl2N7O4/c24-13-2-3-15(17(25)8-13)16-11-31(12-19(16)29-23(34)18-9-14(33)10-28-18)7-1-6-27-21-5-4-20(32(35)36)22(26)30-21/h2-5,8,11-12,14,18,28,33H,1,6-7,9-10H2,(H,29,34)(H3,26,27,30)/t14?,18-/m0/s1. The average molecular weight is 534 g/mol. The van der Waals surface area contributed by atoms with E-state index in [-0.39, 0.29) is 17.4 Å². The van der Waals surface area contributed by atoms with E-state index in [1.165, 1.54) is 12.1 Å². The lowest BCUT2D eigenvalue weighted by molar-refractivity contribution is -0.384. The first-order valence-corrected chi connectivity index (χ1v) is 12.0. The fourth-order valence-corrected chi connectivity index (χ4v) is 4.50. The molecule has 11 nitrogen and oxygen atoms in total. The second-order valence-corrected chi connectivity index (χ2v) is 9.27. The molecule has 0 bridgehead atoms. The monoisotopic (exact) mass is 533 g/mol. The molecule has 0 aliphatic carbocycles. The van der Waals surface area contributed by atoms with E-state index >= 15 is 0 Å². The van der Waals surface area contributed by atoms with Crippen molar-refractivity contribution in [2.75, 3.05) is 29.5 Å². The molecule has 2 aromatic heterocycles. The lowest BCUT2D eigenvalue weighted by atomic mass is 10.1. The van der Waals surface area contributed by atoms with Gasteiger partial charge in [-0.25, -0.2) is 4.98 Å². The number of nitro groups is 1. The van der Waals surface area contributed by atoms with Crippen LogP contribution in [0.1, 0.15) is 12.8 Å². The number of hydrogen-bond donors (Lipinski definition) is 5. The summed E-state index contributed by atoms with van der Waals surface area (Å²) in [6, 6.07) is 7.50. The number of carbonyl (C=O) groups is 1. The number of hydrogen-bond acceptors (Lipinski definition) is 8. The molecule has 1 aromatic carbocycles. The number of carbonyl (C=O) groups excluding carboxylic acids is 1. The molecule has 3 aromatic rings. The number of anilines is 3. The van der Waals surface area contributed by atoms with E-state index in [4.69, 9.17) is 28.9 Å². The Morgan fingerprint density at radius 3 is 2.75 bits per heavy atom. The molecular weight excluding hydrogens is 509 g/mol. The number of halogens is 2.